The van der Waals surface area contributed by atoms with Gasteiger partial charge in [0.15, 0.2) is 0 Å². The smallest absolute Gasteiger partial charge is 0.309 e. The third kappa shape index (κ3) is 2.15. The molecular formula is C15H19NO2. The minimum atomic E-state index is 0.0202. The Morgan fingerprint density at radius 2 is 1.94 bits per heavy atom. The van der Waals surface area contributed by atoms with Crippen LogP contribution in [-0.2, 0) is 16.1 Å². The van der Waals surface area contributed by atoms with Crippen molar-refractivity contribution in [3.63, 3.8) is 0 Å². The van der Waals surface area contributed by atoms with Crippen LogP contribution in [0.4, 0.5) is 0 Å². The molecule has 1 saturated heterocycles. The normalized spacial score (nSPS) is 29.9. The lowest BCUT2D eigenvalue weighted by Crippen LogP contribution is -2.26. The maximum Gasteiger partial charge on any atom is 0.309 e. The molecule has 0 aromatic heterocycles. The van der Waals surface area contributed by atoms with E-state index in [1.54, 1.807) is 0 Å². The van der Waals surface area contributed by atoms with E-state index in [1.807, 2.05) is 13.0 Å². The van der Waals surface area contributed by atoms with Gasteiger partial charge in [-0.1, -0.05) is 30.3 Å². The Hall–Kier alpha value is -1.35. The van der Waals surface area contributed by atoms with E-state index >= 15 is 0 Å². The molecule has 0 N–H and O–H groups in total. The highest BCUT2D eigenvalue weighted by molar-refractivity contribution is 5.77. The van der Waals surface area contributed by atoms with Crippen LogP contribution in [0.5, 0.6) is 0 Å². The van der Waals surface area contributed by atoms with Gasteiger partial charge in [0, 0.05) is 19.6 Å². The lowest BCUT2D eigenvalue weighted by Gasteiger charge is -2.19. The Balaban J connectivity index is 1.51. The van der Waals surface area contributed by atoms with Crippen molar-refractivity contribution in [1.29, 1.82) is 0 Å². The standard InChI is InChI=1S/C15H19NO2/c1-2-18-15(17)14-12-9-16(10-13(12)14)8-11-6-4-3-5-7-11/h3-7,12-14H,2,8-10H2,1H3/t12-,13+,14+. The van der Waals surface area contributed by atoms with E-state index in [0.717, 1.165) is 19.6 Å². The SMILES string of the molecule is CCOC(=O)[C@H]1[C@@H]2CN(Cc3ccccc3)C[C@@H]21. The quantitative estimate of drug-likeness (QED) is 0.759. The van der Waals surface area contributed by atoms with E-state index in [4.69, 9.17) is 4.74 Å². The van der Waals surface area contributed by atoms with Gasteiger partial charge in [0.1, 0.15) is 0 Å². The highest BCUT2D eigenvalue weighted by Gasteiger charge is 2.59. The van der Waals surface area contributed by atoms with Crippen LogP contribution in [0.1, 0.15) is 12.5 Å². The van der Waals surface area contributed by atoms with Crippen LogP contribution in [0.3, 0.4) is 0 Å². The number of rotatable bonds is 4. The van der Waals surface area contributed by atoms with Crippen LogP contribution in [0.15, 0.2) is 30.3 Å². The zero-order chi connectivity index (χ0) is 12.5. The third-order valence-electron chi connectivity index (χ3n) is 4.08. The summed E-state index contributed by atoms with van der Waals surface area (Å²) in [6.45, 7) is 5.47. The maximum absolute atomic E-state index is 11.6. The summed E-state index contributed by atoms with van der Waals surface area (Å²) in [6.07, 6.45) is 0. The largest absolute Gasteiger partial charge is 0.466 e. The minimum Gasteiger partial charge on any atom is -0.466 e. The second-order valence-corrected chi connectivity index (χ2v) is 5.29. The Kier molecular flexibility index (Phi) is 3.08. The molecule has 1 aromatic carbocycles. The molecule has 1 saturated carbocycles. The summed E-state index contributed by atoms with van der Waals surface area (Å²) in [5.41, 5.74) is 1.35. The number of nitrogens with zero attached hydrogens (tertiary/aromatic N) is 1. The Labute approximate surface area is 108 Å². The number of hydrogen-bond donors (Lipinski definition) is 0. The van der Waals surface area contributed by atoms with Crippen molar-refractivity contribution >= 4 is 5.97 Å². The lowest BCUT2D eigenvalue weighted by atomic mass is 10.2. The van der Waals surface area contributed by atoms with Crippen molar-refractivity contribution in [2.75, 3.05) is 19.7 Å². The number of likely N-dealkylation sites (tertiary alicyclic amines) is 1. The van der Waals surface area contributed by atoms with E-state index in [1.165, 1.54) is 5.56 Å². The number of carbonyl (C=O) groups is 1. The van der Waals surface area contributed by atoms with E-state index in [-0.39, 0.29) is 11.9 Å². The second-order valence-electron chi connectivity index (χ2n) is 5.29. The summed E-state index contributed by atoms with van der Waals surface area (Å²) >= 11 is 0. The van der Waals surface area contributed by atoms with Crippen molar-refractivity contribution < 1.29 is 9.53 Å². The monoisotopic (exact) mass is 245 g/mol. The first kappa shape index (κ1) is 11.7. The molecule has 1 aromatic rings. The van der Waals surface area contributed by atoms with E-state index in [2.05, 4.69) is 29.2 Å². The average molecular weight is 245 g/mol. The third-order valence-corrected chi connectivity index (χ3v) is 4.08. The molecule has 3 heteroatoms. The summed E-state index contributed by atoms with van der Waals surface area (Å²) in [6, 6.07) is 10.5. The summed E-state index contributed by atoms with van der Waals surface area (Å²) in [5, 5.41) is 0. The zero-order valence-electron chi connectivity index (χ0n) is 10.7. The summed E-state index contributed by atoms with van der Waals surface area (Å²) in [4.78, 5) is 14.1. The molecule has 0 spiro atoms. The van der Waals surface area contributed by atoms with Gasteiger partial charge in [0.05, 0.1) is 12.5 Å². The second kappa shape index (κ2) is 4.73. The highest BCUT2D eigenvalue weighted by Crippen LogP contribution is 2.52. The predicted octanol–water partition coefficient (Wildman–Crippen LogP) is 1.93. The predicted molar refractivity (Wildman–Crippen MR) is 68.8 cm³/mol. The Bertz CT molecular complexity index is 419. The summed E-state index contributed by atoms with van der Waals surface area (Å²) in [5.74, 6) is 1.31. The minimum absolute atomic E-state index is 0.0202. The van der Waals surface area contributed by atoms with Crippen molar-refractivity contribution in [3.8, 4) is 0 Å². The number of ether oxygens (including phenoxy) is 1. The van der Waals surface area contributed by atoms with Gasteiger partial charge in [-0.15, -0.1) is 0 Å². The Morgan fingerprint density at radius 1 is 1.28 bits per heavy atom. The van der Waals surface area contributed by atoms with Crippen LogP contribution >= 0.6 is 0 Å². The Morgan fingerprint density at radius 3 is 2.56 bits per heavy atom. The molecule has 3 atom stereocenters. The lowest BCUT2D eigenvalue weighted by molar-refractivity contribution is -0.145. The molecule has 0 radical (unpaired) electrons. The average Bonchev–Trinajstić information content (AvgIpc) is 2.88. The number of fused-ring (bicyclic) bond motifs is 1. The molecule has 18 heavy (non-hydrogen) atoms. The molecule has 2 aliphatic rings. The topological polar surface area (TPSA) is 29.5 Å². The molecule has 0 amide bonds. The summed E-state index contributed by atoms with van der Waals surface area (Å²) < 4.78 is 5.10. The van der Waals surface area contributed by atoms with Gasteiger partial charge in [-0.3, -0.25) is 9.69 Å². The van der Waals surface area contributed by atoms with Crippen LogP contribution in [0, 0.1) is 17.8 Å². The molecular weight excluding hydrogens is 226 g/mol. The number of hydrogen-bond acceptors (Lipinski definition) is 3. The van der Waals surface area contributed by atoms with E-state index in [0.29, 0.717) is 18.4 Å². The molecule has 1 aliphatic carbocycles. The maximum atomic E-state index is 11.6. The van der Waals surface area contributed by atoms with Crippen LogP contribution in [0.25, 0.3) is 0 Å². The van der Waals surface area contributed by atoms with Crippen molar-refractivity contribution in [3.05, 3.63) is 35.9 Å². The fourth-order valence-electron chi connectivity index (χ4n) is 3.17. The van der Waals surface area contributed by atoms with Gasteiger partial charge in [0.25, 0.3) is 0 Å². The fourth-order valence-corrected chi connectivity index (χ4v) is 3.17. The molecule has 3 nitrogen and oxygen atoms in total. The molecule has 96 valence electrons. The van der Waals surface area contributed by atoms with Crippen LogP contribution in [0.2, 0.25) is 0 Å². The number of carbonyl (C=O) groups excluding carboxylic acids is 1. The first-order chi connectivity index (χ1) is 8.79. The molecule has 1 heterocycles. The first-order valence-electron chi connectivity index (χ1n) is 6.72. The van der Waals surface area contributed by atoms with Gasteiger partial charge in [-0.05, 0) is 24.3 Å². The molecule has 1 aliphatic heterocycles. The summed E-state index contributed by atoms with van der Waals surface area (Å²) in [7, 11) is 0. The van der Waals surface area contributed by atoms with Gasteiger partial charge in [-0.25, -0.2) is 0 Å². The van der Waals surface area contributed by atoms with E-state index < -0.39 is 0 Å². The molecule has 0 bridgehead atoms. The van der Waals surface area contributed by atoms with Crippen molar-refractivity contribution in [2.24, 2.45) is 17.8 Å². The van der Waals surface area contributed by atoms with Gasteiger partial charge in [-0.2, -0.15) is 0 Å². The van der Waals surface area contributed by atoms with Gasteiger partial charge in [0.2, 0.25) is 0 Å². The van der Waals surface area contributed by atoms with Crippen molar-refractivity contribution in [2.45, 2.75) is 13.5 Å². The fraction of sp³-hybridized carbons (Fsp3) is 0.533. The highest BCUT2D eigenvalue weighted by atomic mass is 16.5. The first-order valence-corrected chi connectivity index (χ1v) is 6.72. The van der Waals surface area contributed by atoms with E-state index in [9.17, 15) is 4.79 Å². The van der Waals surface area contributed by atoms with Gasteiger partial charge >= 0.3 is 5.97 Å². The van der Waals surface area contributed by atoms with Gasteiger partial charge < -0.3 is 4.74 Å². The van der Waals surface area contributed by atoms with Crippen LogP contribution < -0.4 is 0 Å². The van der Waals surface area contributed by atoms with Crippen LogP contribution in [-0.4, -0.2) is 30.6 Å². The zero-order valence-corrected chi connectivity index (χ0v) is 10.7. The molecule has 3 rings (SSSR count). The molecule has 2 fully saturated rings. The number of benzene rings is 1. The number of piperidine rings is 1. The number of esters is 1. The molecule has 0 unspecified atom stereocenters. The van der Waals surface area contributed by atoms with Crippen molar-refractivity contribution in [1.82, 2.24) is 4.90 Å².